The van der Waals surface area contributed by atoms with Gasteiger partial charge in [0, 0.05) is 0 Å². The van der Waals surface area contributed by atoms with Crippen molar-refractivity contribution in [1.82, 2.24) is 0 Å². The third-order valence-corrected chi connectivity index (χ3v) is 1.98. The fourth-order valence-electron chi connectivity index (χ4n) is 1.08. The summed E-state index contributed by atoms with van der Waals surface area (Å²) in [6.07, 6.45) is -3.71. The highest BCUT2D eigenvalue weighted by Crippen LogP contribution is 2.59. The van der Waals surface area contributed by atoms with Crippen molar-refractivity contribution in [3.63, 3.8) is 0 Å². The number of halogens is 10. The van der Waals surface area contributed by atoms with Crippen LogP contribution < -0.4 is 0 Å². The van der Waals surface area contributed by atoms with Crippen LogP contribution in [0.25, 0.3) is 0 Å². The molecule has 0 unspecified atom stereocenters. The first-order chi connectivity index (χ1) is 7.39. The Morgan fingerprint density at radius 2 is 1.18 bits per heavy atom. The summed E-state index contributed by atoms with van der Waals surface area (Å²) in [5.41, 5.74) is -3.37. The van der Waals surface area contributed by atoms with Crippen LogP contribution >= 0.6 is 0 Å². The van der Waals surface area contributed by atoms with Crippen molar-refractivity contribution >= 4 is 0 Å². The van der Waals surface area contributed by atoms with Gasteiger partial charge in [0.2, 0.25) is 5.83 Å². The fourth-order valence-corrected chi connectivity index (χ4v) is 1.08. The van der Waals surface area contributed by atoms with E-state index in [9.17, 15) is 43.9 Å². The highest BCUT2D eigenvalue weighted by molar-refractivity contribution is 5.44. The van der Waals surface area contributed by atoms with E-state index in [2.05, 4.69) is 0 Å². The zero-order valence-corrected chi connectivity index (χ0v) is 7.28. The van der Waals surface area contributed by atoms with Crippen LogP contribution in [0.1, 0.15) is 0 Å². The summed E-state index contributed by atoms with van der Waals surface area (Å²) in [7, 11) is 0. The van der Waals surface area contributed by atoms with Gasteiger partial charge in [0.05, 0.1) is 0 Å². The van der Waals surface area contributed by atoms with E-state index in [1.54, 1.807) is 0 Å². The lowest BCUT2D eigenvalue weighted by atomic mass is 9.89. The number of rotatable bonds is 0. The summed E-state index contributed by atoms with van der Waals surface area (Å²) >= 11 is 0. The Balaban J connectivity index is 3.74. The van der Waals surface area contributed by atoms with Gasteiger partial charge in [-0.1, -0.05) is 0 Å². The molecule has 17 heavy (non-hydrogen) atoms. The average molecular weight is 274 g/mol. The molecule has 0 saturated carbocycles. The Morgan fingerprint density at radius 1 is 0.765 bits per heavy atom. The maximum absolute atomic E-state index is 12.6. The molecular weight excluding hydrogens is 274 g/mol. The highest BCUT2D eigenvalue weighted by Gasteiger charge is 2.79. The van der Waals surface area contributed by atoms with Crippen molar-refractivity contribution < 1.29 is 43.9 Å². The molecule has 1 rings (SSSR count). The summed E-state index contributed by atoms with van der Waals surface area (Å²) in [5, 5.41) is 0. The molecule has 1 aliphatic carbocycles. The molecule has 1 aliphatic rings. The van der Waals surface area contributed by atoms with Gasteiger partial charge in [-0.25, -0.2) is 8.78 Å². The van der Waals surface area contributed by atoms with Crippen molar-refractivity contribution in [1.29, 1.82) is 0 Å². The minimum atomic E-state index is -6.50. The van der Waals surface area contributed by atoms with Crippen molar-refractivity contribution in [3.8, 4) is 0 Å². The SMILES string of the molecule is FC(F)=C1C(F)=C(F)C(F)(F)C(F)(F)C1(F)F. The predicted molar refractivity (Wildman–Crippen MR) is 33.3 cm³/mol. The molecular formula is C7F10. The molecule has 0 N–H and O–H groups in total. The summed E-state index contributed by atoms with van der Waals surface area (Å²) < 4.78 is 123. The minimum Gasteiger partial charge on any atom is -0.203 e. The number of hydrogen-bond acceptors (Lipinski definition) is 0. The van der Waals surface area contributed by atoms with Gasteiger partial charge >= 0.3 is 17.8 Å². The second kappa shape index (κ2) is 3.39. The topological polar surface area (TPSA) is 0 Å². The molecule has 0 fully saturated rings. The Hall–Kier alpha value is -1.22. The van der Waals surface area contributed by atoms with E-state index in [1.165, 1.54) is 0 Å². The molecule has 0 saturated heterocycles. The van der Waals surface area contributed by atoms with Gasteiger partial charge in [-0.15, -0.1) is 0 Å². The molecule has 0 spiro atoms. The van der Waals surface area contributed by atoms with Crippen molar-refractivity contribution in [2.45, 2.75) is 17.8 Å². The molecule has 0 aromatic carbocycles. The minimum absolute atomic E-state index is 3.37. The van der Waals surface area contributed by atoms with Crippen LogP contribution in [0.15, 0.2) is 23.3 Å². The second-order valence-electron chi connectivity index (χ2n) is 2.99. The molecule has 0 aromatic rings. The molecule has 0 nitrogen and oxygen atoms in total. The Kier molecular flexibility index (Phi) is 2.76. The van der Waals surface area contributed by atoms with E-state index in [4.69, 9.17) is 0 Å². The summed E-state index contributed by atoms with van der Waals surface area (Å²) in [6, 6.07) is 0. The van der Waals surface area contributed by atoms with E-state index < -0.39 is 41.1 Å². The number of alkyl halides is 6. The number of allylic oxidation sites excluding steroid dienone is 3. The second-order valence-corrected chi connectivity index (χ2v) is 2.99. The zero-order chi connectivity index (χ0) is 13.8. The van der Waals surface area contributed by atoms with Gasteiger partial charge in [-0.2, -0.15) is 35.1 Å². The van der Waals surface area contributed by atoms with E-state index in [-0.39, 0.29) is 0 Å². The van der Waals surface area contributed by atoms with Gasteiger partial charge in [0.1, 0.15) is 5.57 Å². The lowest BCUT2D eigenvalue weighted by molar-refractivity contribution is -0.293. The highest BCUT2D eigenvalue weighted by atomic mass is 19.3. The molecule has 0 atom stereocenters. The Morgan fingerprint density at radius 3 is 1.53 bits per heavy atom. The van der Waals surface area contributed by atoms with Crippen LogP contribution in [0.3, 0.4) is 0 Å². The van der Waals surface area contributed by atoms with Gasteiger partial charge in [0.25, 0.3) is 6.08 Å². The van der Waals surface area contributed by atoms with E-state index in [0.717, 1.165) is 0 Å². The summed E-state index contributed by atoms with van der Waals surface area (Å²) in [4.78, 5) is 0. The van der Waals surface area contributed by atoms with Gasteiger partial charge < -0.3 is 0 Å². The largest absolute Gasteiger partial charge is 0.383 e. The summed E-state index contributed by atoms with van der Waals surface area (Å²) in [5.74, 6) is -26.0. The maximum atomic E-state index is 12.6. The van der Waals surface area contributed by atoms with Crippen LogP contribution in [0.2, 0.25) is 0 Å². The molecule has 0 heterocycles. The van der Waals surface area contributed by atoms with Crippen LogP contribution in [0.4, 0.5) is 43.9 Å². The van der Waals surface area contributed by atoms with E-state index in [1.807, 2.05) is 0 Å². The van der Waals surface area contributed by atoms with Crippen LogP contribution in [0, 0.1) is 0 Å². The van der Waals surface area contributed by atoms with Gasteiger partial charge in [0.15, 0.2) is 5.83 Å². The normalized spacial score (nSPS) is 26.1. The molecule has 10 heteroatoms. The van der Waals surface area contributed by atoms with E-state index >= 15 is 0 Å². The zero-order valence-electron chi connectivity index (χ0n) is 7.28. The van der Waals surface area contributed by atoms with Gasteiger partial charge in [-0.05, 0) is 0 Å². The van der Waals surface area contributed by atoms with Crippen LogP contribution in [-0.2, 0) is 0 Å². The molecule has 98 valence electrons. The molecule has 0 amide bonds. The van der Waals surface area contributed by atoms with Crippen LogP contribution in [0.5, 0.6) is 0 Å². The Labute approximate surface area is 86.2 Å². The van der Waals surface area contributed by atoms with Gasteiger partial charge in [-0.3, -0.25) is 0 Å². The third kappa shape index (κ3) is 1.45. The lowest BCUT2D eigenvalue weighted by Gasteiger charge is -2.36. The number of hydrogen-bond donors (Lipinski definition) is 0. The van der Waals surface area contributed by atoms with Crippen molar-refractivity contribution in [2.75, 3.05) is 0 Å². The smallest absolute Gasteiger partial charge is 0.203 e. The average Bonchev–Trinajstić information content (AvgIpc) is 2.13. The predicted octanol–water partition coefficient (Wildman–Crippen LogP) is 4.21. The Bertz CT molecular complexity index is 410. The lowest BCUT2D eigenvalue weighted by Crippen LogP contribution is -2.58. The molecule has 0 aliphatic heterocycles. The molecule has 0 aromatic heterocycles. The summed E-state index contributed by atoms with van der Waals surface area (Å²) in [6.45, 7) is 0. The standard InChI is InChI=1S/C7F10/c8-2-1(4(10)11)5(12,13)7(16,17)6(14,15)3(2)9. The molecule has 0 radical (unpaired) electrons. The quantitative estimate of drug-likeness (QED) is 0.580. The van der Waals surface area contributed by atoms with Crippen LogP contribution in [-0.4, -0.2) is 17.8 Å². The van der Waals surface area contributed by atoms with E-state index in [0.29, 0.717) is 0 Å². The molecule has 0 bridgehead atoms. The maximum Gasteiger partial charge on any atom is 0.383 e. The monoisotopic (exact) mass is 274 g/mol. The fraction of sp³-hybridized carbons (Fsp3) is 0.429. The third-order valence-electron chi connectivity index (χ3n) is 1.98. The van der Waals surface area contributed by atoms with Crippen molar-refractivity contribution in [3.05, 3.63) is 23.3 Å². The first-order valence-corrected chi connectivity index (χ1v) is 3.64. The van der Waals surface area contributed by atoms with Crippen molar-refractivity contribution in [2.24, 2.45) is 0 Å². The first-order valence-electron chi connectivity index (χ1n) is 3.64. The first kappa shape index (κ1) is 13.8.